The van der Waals surface area contributed by atoms with Crippen molar-refractivity contribution in [2.45, 2.75) is 11.4 Å². The Morgan fingerprint density at radius 2 is 1.95 bits per heavy atom. The summed E-state index contributed by atoms with van der Waals surface area (Å²) in [6, 6.07) is 10.2. The van der Waals surface area contributed by atoms with Crippen LogP contribution in [0.4, 0.5) is 4.39 Å². The smallest absolute Gasteiger partial charge is 0.242 e. The molecule has 0 aliphatic heterocycles. The van der Waals surface area contributed by atoms with Crippen LogP contribution in [-0.4, -0.2) is 15.5 Å². The Labute approximate surface area is 127 Å². The van der Waals surface area contributed by atoms with Crippen LogP contribution >= 0.6 is 11.6 Å². The van der Waals surface area contributed by atoms with Gasteiger partial charge in [0.25, 0.3) is 0 Å². The van der Waals surface area contributed by atoms with Crippen LogP contribution in [-0.2, 0) is 16.6 Å². The molecule has 0 unspecified atom stereocenters. The fourth-order valence-corrected chi connectivity index (χ4v) is 3.26. The monoisotopic (exact) mass is 329 g/mol. The lowest BCUT2D eigenvalue weighted by Crippen LogP contribution is -2.24. The molecule has 7 heteroatoms. The van der Waals surface area contributed by atoms with E-state index in [4.69, 9.17) is 16.3 Å². The molecule has 0 amide bonds. The summed E-state index contributed by atoms with van der Waals surface area (Å²) in [5, 5.41) is 0.0374. The predicted molar refractivity (Wildman–Crippen MR) is 78.4 cm³/mol. The van der Waals surface area contributed by atoms with Gasteiger partial charge in [0.1, 0.15) is 16.5 Å². The van der Waals surface area contributed by atoms with Crippen molar-refractivity contribution in [2.24, 2.45) is 0 Å². The summed E-state index contributed by atoms with van der Waals surface area (Å²) >= 11 is 5.93. The number of nitrogens with one attached hydrogen (secondary N) is 1. The second-order valence-corrected chi connectivity index (χ2v) is 6.35. The molecule has 0 bridgehead atoms. The zero-order valence-electron chi connectivity index (χ0n) is 11.1. The molecule has 4 nitrogen and oxygen atoms in total. The Hall–Kier alpha value is -1.63. The van der Waals surface area contributed by atoms with E-state index in [1.807, 2.05) is 0 Å². The molecule has 0 heterocycles. The van der Waals surface area contributed by atoms with Gasteiger partial charge >= 0.3 is 0 Å². The fourth-order valence-electron chi connectivity index (χ4n) is 1.72. The van der Waals surface area contributed by atoms with E-state index < -0.39 is 15.8 Å². The highest BCUT2D eigenvalue weighted by Gasteiger charge is 2.18. The van der Waals surface area contributed by atoms with E-state index in [-0.39, 0.29) is 22.0 Å². The van der Waals surface area contributed by atoms with Crippen LogP contribution in [0.1, 0.15) is 5.56 Å². The molecule has 0 saturated carbocycles. The number of methoxy groups -OCH3 is 1. The first-order valence-corrected chi connectivity index (χ1v) is 7.87. The number of ether oxygens (including phenoxy) is 1. The molecule has 21 heavy (non-hydrogen) atoms. The summed E-state index contributed by atoms with van der Waals surface area (Å²) < 4.78 is 45.1. The SMILES string of the molecule is COc1ccc(S(=O)(=O)NCc2ccccc2F)c(Cl)c1. The van der Waals surface area contributed by atoms with Gasteiger partial charge in [-0.2, -0.15) is 0 Å². The third kappa shape index (κ3) is 3.72. The molecule has 0 aromatic heterocycles. The minimum Gasteiger partial charge on any atom is -0.497 e. The topological polar surface area (TPSA) is 55.4 Å². The van der Waals surface area contributed by atoms with Crippen molar-refractivity contribution in [2.75, 3.05) is 7.11 Å². The van der Waals surface area contributed by atoms with Gasteiger partial charge in [0.15, 0.2) is 0 Å². The van der Waals surface area contributed by atoms with E-state index >= 15 is 0 Å². The largest absolute Gasteiger partial charge is 0.497 e. The van der Waals surface area contributed by atoms with Gasteiger partial charge < -0.3 is 4.74 Å². The standard InChI is InChI=1S/C14H13ClFNO3S/c1-20-11-6-7-14(12(15)8-11)21(18,19)17-9-10-4-2-3-5-13(10)16/h2-8,17H,9H2,1H3. The summed E-state index contributed by atoms with van der Waals surface area (Å²) in [7, 11) is -2.38. The molecule has 0 atom stereocenters. The summed E-state index contributed by atoms with van der Waals surface area (Å²) in [5.74, 6) is -0.0194. The predicted octanol–water partition coefficient (Wildman–Crippen LogP) is 2.97. The van der Waals surface area contributed by atoms with Crippen molar-refractivity contribution < 1.29 is 17.5 Å². The fraction of sp³-hybridized carbons (Fsp3) is 0.143. The average Bonchev–Trinajstić information content (AvgIpc) is 2.46. The molecule has 0 saturated heterocycles. The number of rotatable bonds is 5. The van der Waals surface area contributed by atoms with Gasteiger partial charge in [-0.25, -0.2) is 17.5 Å². The Balaban J connectivity index is 2.21. The van der Waals surface area contributed by atoms with Crippen molar-refractivity contribution in [1.82, 2.24) is 4.72 Å². The quantitative estimate of drug-likeness (QED) is 0.917. The third-order valence-electron chi connectivity index (χ3n) is 2.84. The maximum absolute atomic E-state index is 13.5. The molecule has 0 spiro atoms. The van der Waals surface area contributed by atoms with Crippen molar-refractivity contribution in [3.8, 4) is 5.75 Å². The molecule has 0 aliphatic rings. The van der Waals surface area contributed by atoms with Gasteiger partial charge in [0.2, 0.25) is 10.0 Å². The van der Waals surface area contributed by atoms with Crippen LogP contribution in [0.15, 0.2) is 47.4 Å². The number of hydrogen-bond acceptors (Lipinski definition) is 3. The van der Waals surface area contributed by atoms with Crippen molar-refractivity contribution in [3.05, 3.63) is 58.9 Å². The van der Waals surface area contributed by atoms with Gasteiger partial charge in [0.05, 0.1) is 12.1 Å². The Bertz CT molecular complexity index is 750. The molecule has 1 N–H and O–H groups in total. The summed E-state index contributed by atoms with van der Waals surface area (Å²) in [5.41, 5.74) is 0.255. The number of hydrogen-bond donors (Lipinski definition) is 1. The van der Waals surface area contributed by atoms with Gasteiger partial charge in [-0.3, -0.25) is 0 Å². The Morgan fingerprint density at radius 1 is 1.24 bits per heavy atom. The van der Waals surface area contributed by atoms with Crippen molar-refractivity contribution in [3.63, 3.8) is 0 Å². The van der Waals surface area contributed by atoms with Crippen LogP contribution in [0.5, 0.6) is 5.75 Å². The maximum Gasteiger partial charge on any atom is 0.242 e. The van der Waals surface area contributed by atoms with Gasteiger partial charge in [0, 0.05) is 18.2 Å². The molecule has 0 radical (unpaired) electrons. The Kier molecular flexibility index (Phi) is 4.82. The third-order valence-corrected chi connectivity index (χ3v) is 4.72. The summed E-state index contributed by atoms with van der Waals surface area (Å²) in [6.07, 6.45) is 0. The minimum absolute atomic E-state index is 0.0374. The molecule has 0 aliphatic carbocycles. The molecule has 2 aromatic carbocycles. The van der Waals surface area contributed by atoms with Crippen molar-refractivity contribution >= 4 is 21.6 Å². The molecule has 112 valence electrons. The van der Waals surface area contributed by atoms with E-state index in [1.54, 1.807) is 6.07 Å². The first kappa shape index (κ1) is 15.8. The summed E-state index contributed by atoms with van der Waals surface area (Å²) in [4.78, 5) is -0.0821. The number of halogens is 2. The highest BCUT2D eigenvalue weighted by Crippen LogP contribution is 2.26. The second kappa shape index (κ2) is 6.43. The lowest BCUT2D eigenvalue weighted by molar-refractivity contribution is 0.414. The highest BCUT2D eigenvalue weighted by atomic mass is 35.5. The minimum atomic E-state index is -3.84. The van der Waals surface area contributed by atoms with Crippen LogP contribution < -0.4 is 9.46 Å². The van der Waals surface area contributed by atoms with Crippen LogP contribution in [0.25, 0.3) is 0 Å². The maximum atomic E-state index is 13.5. The first-order valence-electron chi connectivity index (χ1n) is 6.00. The highest BCUT2D eigenvalue weighted by molar-refractivity contribution is 7.89. The van der Waals surface area contributed by atoms with Crippen LogP contribution in [0.3, 0.4) is 0 Å². The van der Waals surface area contributed by atoms with E-state index in [1.165, 1.54) is 43.5 Å². The normalized spacial score (nSPS) is 11.4. The van der Waals surface area contributed by atoms with Gasteiger partial charge in [-0.1, -0.05) is 29.8 Å². The lowest BCUT2D eigenvalue weighted by atomic mass is 10.2. The number of benzene rings is 2. The van der Waals surface area contributed by atoms with E-state index in [2.05, 4.69) is 4.72 Å². The molecule has 2 aromatic rings. The molecule has 2 rings (SSSR count). The number of sulfonamides is 1. The first-order chi connectivity index (χ1) is 9.94. The van der Waals surface area contributed by atoms with Crippen LogP contribution in [0.2, 0.25) is 5.02 Å². The molecule has 0 fully saturated rings. The van der Waals surface area contributed by atoms with E-state index in [0.29, 0.717) is 5.75 Å². The van der Waals surface area contributed by atoms with Gasteiger partial charge in [-0.05, 0) is 18.2 Å². The van der Waals surface area contributed by atoms with E-state index in [0.717, 1.165) is 0 Å². The zero-order chi connectivity index (χ0) is 15.5. The van der Waals surface area contributed by atoms with Crippen molar-refractivity contribution in [1.29, 1.82) is 0 Å². The lowest BCUT2D eigenvalue weighted by Gasteiger charge is -2.10. The molecular weight excluding hydrogens is 317 g/mol. The van der Waals surface area contributed by atoms with Gasteiger partial charge in [-0.15, -0.1) is 0 Å². The van der Waals surface area contributed by atoms with Crippen LogP contribution in [0, 0.1) is 5.82 Å². The summed E-state index contributed by atoms with van der Waals surface area (Å²) in [6.45, 7) is -0.155. The average molecular weight is 330 g/mol. The Morgan fingerprint density at radius 3 is 2.57 bits per heavy atom. The zero-order valence-corrected chi connectivity index (χ0v) is 12.7. The van der Waals surface area contributed by atoms with E-state index in [9.17, 15) is 12.8 Å². The second-order valence-electron chi connectivity index (χ2n) is 4.21. The molecular formula is C14H13ClFNO3S.